The summed E-state index contributed by atoms with van der Waals surface area (Å²) in [6.07, 6.45) is 1.09. The van der Waals surface area contributed by atoms with Crippen LogP contribution in [-0.4, -0.2) is 43.8 Å². The van der Waals surface area contributed by atoms with Crippen molar-refractivity contribution in [2.24, 2.45) is 5.41 Å². The van der Waals surface area contributed by atoms with Crippen LogP contribution >= 0.6 is 0 Å². The van der Waals surface area contributed by atoms with Crippen molar-refractivity contribution < 1.29 is 8.42 Å². The van der Waals surface area contributed by atoms with E-state index in [0.717, 1.165) is 31.6 Å². The van der Waals surface area contributed by atoms with Crippen LogP contribution in [0, 0.1) is 5.41 Å². The Bertz CT molecular complexity index is 815. The summed E-state index contributed by atoms with van der Waals surface area (Å²) in [7, 11) is -3.20. The quantitative estimate of drug-likeness (QED) is 0.827. The molecule has 0 bridgehead atoms. The molecule has 0 radical (unpaired) electrons. The fourth-order valence-electron chi connectivity index (χ4n) is 4.04. The topological polar surface area (TPSA) is 40.6 Å². The Kier molecular flexibility index (Phi) is 4.40. The molecule has 2 aromatic carbocycles. The van der Waals surface area contributed by atoms with Gasteiger partial charge in [0.1, 0.15) is 0 Å². The molecule has 0 aliphatic carbocycles. The van der Waals surface area contributed by atoms with Crippen LogP contribution in [0.4, 0.5) is 0 Å². The molecule has 2 aliphatic rings. The second kappa shape index (κ2) is 6.56. The minimum atomic E-state index is -3.20. The van der Waals surface area contributed by atoms with E-state index in [4.69, 9.17) is 0 Å². The van der Waals surface area contributed by atoms with Gasteiger partial charge in [0.05, 0.1) is 5.75 Å². The summed E-state index contributed by atoms with van der Waals surface area (Å²) in [5, 5.41) is 0. The second-order valence-electron chi connectivity index (χ2n) is 7.46. The molecule has 4 nitrogen and oxygen atoms in total. The summed E-state index contributed by atoms with van der Waals surface area (Å²) < 4.78 is 26.9. The molecule has 0 unspecified atom stereocenters. The summed E-state index contributed by atoms with van der Waals surface area (Å²) in [5.41, 5.74) is 2.35. The second-order valence-corrected chi connectivity index (χ2v) is 9.43. The highest BCUT2D eigenvalue weighted by atomic mass is 32.2. The third-order valence-electron chi connectivity index (χ3n) is 5.38. The lowest BCUT2D eigenvalue weighted by molar-refractivity contribution is 0.0768. The zero-order chi connectivity index (χ0) is 17.3. The molecular formula is C20H24N2O2S. The first-order valence-corrected chi connectivity index (χ1v) is 10.4. The summed E-state index contributed by atoms with van der Waals surface area (Å²) in [6.45, 7) is 4.36. The van der Waals surface area contributed by atoms with E-state index in [1.54, 1.807) is 4.31 Å². The highest BCUT2D eigenvalue weighted by Gasteiger charge is 2.51. The average molecular weight is 356 g/mol. The minimum Gasteiger partial charge on any atom is -0.298 e. The molecule has 132 valence electrons. The number of hydrogen-bond donors (Lipinski definition) is 0. The predicted octanol–water partition coefficient (Wildman–Crippen LogP) is 2.72. The first kappa shape index (κ1) is 16.8. The molecule has 0 N–H and O–H groups in total. The lowest BCUT2D eigenvalue weighted by atomic mass is 9.81. The van der Waals surface area contributed by atoms with Crippen molar-refractivity contribution in [2.45, 2.75) is 18.7 Å². The van der Waals surface area contributed by atoms with E-state index in [1.165, 1.54) is 5.56 Å². The van der Waals surface area contributed by atoms with Crippen molar-refractivity contribution >= 4 is 10.0 Å². The van der Waals surface area contributed by atoms with E-state index < -0.39 is 10.0 Å². The van der Waals surface area contributed by atoms with Crippen LogP contribution < -0.4 is 0 Å². The van der Waals surface area contributed by atoms with E-state index in [9.17, 15) is 8.42 Å². The standard InChI is InChI=1S/C20H24N2O2S/c23-25(24,14-19-9-5-2-6-10-19)22-16-20(17-22)11-12-21(15-20)13-18-7-3-1-4-8-18/h1-10H,11-17H2. The largest absolute Gasteiger partial charge is 0.298 e. The third kappa shape index (κ3) is 3.64. The van der Waals surface area contributed by atoms with E-state index in [2.05, 4.69) is 29.2 Å². The van der Waals surface area contributed by atoms with Gasteiger partial charge in [-0.2, -0.15) is 0 Å². The molecule has 2 saturated heterocycles. The van der Waals surface area contributed by atoms with Gasteiger partial charge in [0.15, 0.2) is 0 Å². The van der Waals surface area contributed by atoms with E-state index in [-0.39, 0.29) is 11.2 Å². The van der Waals surface area contributed by atoms with Crippen molar-refractivity contribution in [1.82, 2.24) is 9.21 Å². The number of sulfonamides is 1. The average Bonchev–Trinajstić information content (AvgIpc) is 2.99. The molecule has 2 aromatic rings. The highest BCUT2D eigenvalue weighted by Crippen LogP contribution is 2.41. The summed E-state index contributed by atoms with van der Waals surface area (Å²) in [5.74, 6) is 0.109. The lowest BCUT2D eigenvalue weighted by Crippen LogP contribution is -2.59. The zero-order valence-corrected chi connectivity index (χ0v) is 15.2. The van der Waals surface area contributed by atoms with Gasteiger partial charge in [-0.1, -0.05) is 60.7 Å². The van der Waals surface area contributed by atoms with Crippen molar-refractivity contribution in [3.63, 3.8) is 0 Å². The van der Waals surface area contributed by atoms with Crippen LogP contribution in [0.2, 0.25) is 0 Å². The number of nitrogens with zero attached hydrogens (tertiary/aromatic N) is 2. The maximum atomic E-state index is 12.6. The van der Waals surface area contributed by atoms with Crippen LogP contribution in [0.1, 0.15) is 17.5 Å². The lowest BCUT2D eigenvalue weighted by Gasteiger charge is -2.47. The molecule has 0 atom stereocenters. The molecule has 25 heavy (non-hydrogen) atoms. The molecular weight excluding hydrogens is 332 g/mol. The van der Waals surface area contributed by atoms with E-state index in [0.29, 0.717) is 13.1 Å². The van der Waals surface area contributed by atoms with Gasteiger partial charge in [-0.15, -0.1) is 0 Å². The van der Waals surface area contributed by atoms with Crippen molar-refractivity contribution in [3.05, 3.63) is 71.8 Å². The van der Waals surface area contributed by atoms with Crippen LogP contribution in [-0.2, 0) is 22.3 Å². The van der Waals surface area contributed by atoms with Crippen LogP contribution in [0.3, 0.4) is 0 Å². The molecule has 5 heteroatoms. The molecule has 0 aromatic heterocycles. The maximum absolute atomic E-state index is 12.6. The number of likely N-dealkylation sites (tertiary alicyclic amines) is 1. The van der Waals surface area contributed by atoms with Crippen LogP contribution in [0.25, 0.3) is 0 Å². The predicted molar refractivity (Wildman–Crippen MR) is 99.4 cm³/mol. The Balaban J connectivity index is 1.34. The molecule has 4 rings (SSSR count). The number of hydrogen-bond acceptors (Lipinski definition) is 3. The smallest absolute Gasteiger partial charge is 0.218 e. The van der Waals surface area contributed by atoms with Gasteiger partial charge >= 0.3 is 0 Å². The van der Waals surface area contributed by atoms with Gasteiger partial charge in [-0.05, 0) is 24.1 Å². The highest BCUT2D eigenvalue weighted by molar-refractivity contribution is 7.88. The van der Waals surface area contributed by atoms with Gasteiger partial charge in [-0.25, -0.2) is 12.7 Å². The first-order chi connectivity index (χ1) is 12.0. The molecule has 0 saturated carbocycles. The monoisotopic (exact) mass is 356 g/mol. The van der Waals surface area contributed by atoms with Gasteiger partial charge in [0, 0.05) is 31.6 Å². The van der Waals surface area contributed by atoms with Gasteiger partial charge in [-0.3, -0.25) is 4.90 Å². The minimum absolute atomic E-state index is 0.109. The van der Waals surface area contributed by atoms with Crippen LogP contribution in [0.5, 0.6) is 0 Å². The Morgan fingerprint density at radius 1 is 0.840 bits per heavy atom. The van der Waals surface area contributed by atoms with Crippen molar-refractivity contribution in [2.75, 3.05) is 26.2 Å². The zero-order valence-electron chi connectivity index (χ0n) is 14.3. The van der Waals surface area contributed by atoms with Gasteiger partial charge in [0.25, 0.3) is 0 Å². The third-order valence-corrected chi connectivity index (χ3v) is 7.12. The Labute approximate surface area is 150 Å². The molecule has 2 aliphatic heterocycles. The van der Waals surface area contributed by atoms with Gasteiger partial charge in [0.2, 0.25) is 10.0 Å². The molecule has 2 heterocycles. The maximum Gasteiger partial charge on any atom is 0.218 e. The summed E-state index contributed by atoms with van der Waals surface area (Å²) in [4.78, 5) is 2.45. The first-order valence-electron chi connectivity index (χ1n) is 8.83. The van der Waals surface area contributed by atoms with Gasteiger partial charge < -0.3 is 0 Å². The Morgan fingerprint density at radius 2 is 1.44 bits per heavy atom. The summed E-state index contributed by atoms with van der Waals surface area (Å²) >= 11 is 0. The van der Waals surface area contributed by atoms with Crippen molar-refractivity contribution in [3.8, 4) is 0 Å². The summed E-state index contributed by atoms with van der Waals surface area (Å²) in [6, 6.07) is 19.9. The Morgan fingerprint density at radius 3 is 2.08 bits per heavy atom. The van der Waals surface area contributed by atoms with Crippen molar-refractivity contribution in [1.29, 1.82) is 0 Å². The SMILES string of the molecule is O=S(=O)(Cc1ccccc1)N1CC2(CCN(Cc3ccccc3)C2)C1. The molecule has 0 amide bonds. The number of benzene rings is 2. The fourth-order valence-corrected chi connectivity index (χ4v) is 5.77. The number of rotatable bonds is 5. The fraction of sp³-hybridized carbons (Fsp3) is 0.400. The van der Waals surface area contributed by atoms with Crippen LogP contribution in [0.15, 0.2) is 60.7 Å². The van der Waals surface area contributed by atoms with E-state index >= 15 is 0 Å². The molecule has 1 spiro atoms. The Hall–Kier alpha value is -1.69. The van der Waals surface area contributed by atoms with E-state index in [1.807, 2.05) is 36.4 Å². The normalized spacial score (nSPS) is 20.6. The molecule has 2 fully saturated rings.